The minimum atomic E-state index is -1.75. The SMILES string of the molecule is O=C(O)CCNC(C(=O)O)C(=O)O. The highest BCUT2D eigenvalue weighted by Crippen LogP contribution is 1.85. The summed E-state index contributed by atoms with van der Waals surface area (Å²) in [5, 5.41) is 26.9. The van der Waals surface area contributed by atoms with E-state index in [1.54, 1.807) is 0 Å². The normalized spacial score (nSPS) is 9.92. The number of hydrogen-bond donors (Lipinski definition) is 4. The van der Waals surface area contributed by atoms with E-state index in [2.05, 4.69) is 5.32 Å². The van der Waals surface area contributed by atoms with E-state index < -0.39 is 23.9 Å². The molecule has 0 radical (unpaired) electrons. The monoisotopic (exact) mass is 191 g/mol. The quantitative estimate of drug-likeness (QED) is 0.380. The topological polar surface area (TPSA) is 124 Å². The van der Waals surface area contributed by atoms with E-state index in [0.717, 1.165) is 0 Å². The maximum Gasteiger partial charge on any atom is 0.332 e. The molecule has 0 aliphatic rings. The summed E-state index contributed by atoms with van der Waals surface area (Å²) >= 11 is 0. The van der Waals surface area contributed by atoms with Crippen molar-refractivity contribution in [2.45, 2.75) is 12.5 Å². The van der Waals surface area contributed by atoms with Crippen LogP contribution in [-0.2, 0) is 14.4 Å². The molecule has 0 saturated heterocycles. The Hall–Kier alpha value is -1.63. The molecule has 0 atom stereocenters. The average Bonchev–Trinajstić information content (AvgIpc) is 1.95. The maximum absolute atomic E-state index is 10.2. The van der Waals surface area contributed by atoms with Gasteiger partial charge in [0, 0.05) is 6.54 Å². The molecule has 0 heterocycles. The number of carboxylic acid groups (broad SMARTS) is 3. The lowest BCUT2D eigenvalue weighted by Gasteiger charge is -2.07. The second-order valence-electron chi connectivity index (χ2n) is 2.21. The van der Waals surface area contributed by atoms with Crippen LogP contribution in [0.4, 0.5) is 0 Å². The highest BCUT2D eigenvalue weighted by atomic mass is 16.4. The zero-order chi connectivity index (χ0) is 10.4. The van der Waals surface area contributed by atoms with Crippen LogP contribution in [0.3, 0.4) is 0 Å². The van der Waals surface area contributed by atoms with Crippen LogP contribution in [-0.4, -0.2) is 45.8 Å². The summed E-state index contributed by atoms with van der Waals surface area (Å²) in [6, 6.07) is -1.75. The highest BCUT2D eigenvalue weighted by Gasteiger charge is 2.24. The average molecular weight is 191 g/mol. The lowest BCUT2D eigenvalue weighted by atomic mass is 10.3. The number of nitrogens with one attached hydrogen (secondary N) is 1. The first-order chi connectivity index (χ1) is 5.95. The summed E-state index contributed by atoms with van der Waals surface area (Å²) in [6.07, 6.45) is -0.322. The molecule has 4 N–H and O–H groups in total. The van der Waals surface area contributed by atoms with Gasteiger partial charge >= 0.3 is 17.9 Å². The number of aliphatic carboxylic acids is 3. The fraction of sp³-hybridized carbons (Fsp3) is 0.500. The summed E-state index contributed by atoms with van der Waals surface area (Å²) in [6.45, 7) is -0.196. The Morgan fingerprint density at radius 1 is 1.08 bits per heavy atom. The van der Waals surface area contributed by atoms with Crippen molar-refractivity contribution >= 4 is 17.9 Å². The molecule has 0 aromatic heterocycles. The fourth-order valence-corrected chi connectivity index (χ4v) is 0.604. The third kappa shape index (κ3) is 4.75. The minimum Gasteiger partial charge on any atom is -0.481 e. The van der Waals surface area contributed by atoms with E-state index >= 15 is 0 Å². The maximum atomic E-state index is 10.2. The lowest BCUT2D eigenvalue weighted by Crippen LogP contribution is -2.44. The first-order valence-electron chi connectivity index (χ1n) is 3.36. The Balaban J connectivity index is 3.91. The van der Waals surface area contributed by atoms with Crippen molar-refractivity contribution in [3.63, 3.8) is 0 Å². The molecule has 0 bridgehead atoms. The summed E-state index contributed by atoms with van der Waals surface area (Å²) < 4.78 is 0. The molecule has 0 unspecified atom stereocenters. The van der Waals surface area contributed by atoms with Crippen molar-refractivity contribution < 1.29 is 29.7 Å². The molecule has 0 aromatic carbocycles. The fourth-order valence-electron chi connectivity index (χ4n) is 0.604. The molecule has 0 fully saturated rings. The third-order valence-electron chi connectivity index (χ3n) is 1.18. The lowest BCUT2D eigenvalue weighted by molar-refractivity contribution is -0.151. The second kappa shape index (κ2) is 5.09. The molecule has 13 heavy (non-hydrogen) atoms. The Morgan fingerprint density at radius 2 is 1.54 bits per heavy atom. The summed E-state index contributed by atoms with van der Waals surface area (Å²) in [4.78, 5) is 30.4. The molecule has 0 aromatic rings. The Labute approximate surface area is 73.0 Å². The van der Waals surface area contributed by atoms with Gasteiger partial charge in [0.25, 0.3) is 0 Å². The predicted molar refractivity (Wildman–Crippen MR) is 39.3 cm³/mol. The smallest absolute Gasteiger partial charge is 0.332 e. The van der Waals surface area contributed by atoms with Gasteiger partial charge in [-0.05, 0) is 0 Å². The van der Waals surface area contributed by atoms with Crippen molar-refractivity contribution in [2.24, 2.45) is 0 Å². The molecule has 0 aliphatic carbocycles. The van der Waals surface area contributed by atoms with Crippen LogP contribution in [0.5, 0.6) is 0 Å². The van der Waals surface area contributed by atoms with Gasteiger partial charge in [0.1, 0.15) is 0 Å². The van der Waals surface area contributed by atoms with Gasteiger partial charge in [-0.1, -0.05) is 0 Å². The number of carboxylic acids is 3. The highest BCUT2D eigenvalue weighted by molar-refractivity contribution is 5.97. The molecule has 0 aliphatic heterocycles. The van der Waals surface area contributed by atoms with Gasteiger partial charge in [-0.2, -0.15) is 0 Å². The second-order valence-corrected chi connectivity index (χ2v) is 2.21. The first kappa shape index (κ1) is 11.4. The number of rotatable bonds is 6. The molecular weight excluding hydrogens is 182 g/mol. The van der Waals surface area contributed by atoms with Crippen molar-refractivity contribution in [3.05, 3.63) is 0 Å². The molecular formula is C6H9NO6. The molecule has 0 saturated carbocycles. The van der Waals surface area contributed by atoms with Gasteiger partial charge in [0.15, 0.2) is 0 Å². The molecule has 7 heteroatoms. The van der Waals surface area contributed by atoms with Crippen LogP contribution in [0, 0.1) is 0 Å². The molecule has 0 amide bonds. The van der Waals surface area contributed by atoms with Crippen LogP contribution in [0.1, 0.15) is 6.42 Å². The van der Waals surface area contributed by atoms with Crippen LogP contribution in [0.15, 0.2) is 0 Å². The molecule has 0 spiro atoms. The van der Waals surface area contributed by atoms with Crippen molar-refractivity contribution in [2.75, 3.05) is 6.54 Å². The van der Waals surface area contributed by atoms with Crippen LogP contribution < -0.4 is 5.32 Å². The van der Waals surface area contributed by atoms with E-state index in [-0.39, 0.29) is 13.0 Å². The van der Waals surface area contributed by atoms with Crippen LogP contribution in [0.25, 0.3) is 0 Å². The molecule has 0 rings (SSSR count). The van der Waals surface area contributed by atoms with E-state index in [4.69, 9.17) is 15.3 Å². The summed E-state index contributed by atoms with van der Waals surface area (Å²) in [7, 11) is 0. The number of hydrogen-bond acceptors (Lipinski definition) is 4. The van der Waals surface area contributed by atoms with Crippen LogP contribution >= 0.6 is 0 Å². The van der Waals surface area contributed by atoms with E-state index in [1.165, 1.54) is 0 Å². The molecule has 7 nitrogen and oxygen atoms in total. The Kier molecular flexibility index (Phi) is 4.45. The van der Waals surface area contributed by atoms with Crippen molar-refractivity contribution in [3.8, 4) is 0 Å². The third-order valence-corrected chi connectivity index (χ3v) is 1.18. The largest absolute Gasteiger partial charge is 0.481 e. The zero-order valence-corrected chi connectivity index (χ0v) is 6.56. The van der Waals surface area contributed by atoms with E-state index in [0.29, 0.717) is 0 Å². The number of carbonyl (C=O) groups is 3. The Morgan fingerprint density at radius 3 is 1.85 bits per heavy atom. The zero-order valence-electron chi connectivity index (χ0n) is 6.56. The van der Waals surface area contributed by atoms with Gasteiger partial charge in [-0.3, -0.25) is 10.1 Å². The van der Waals surface area contributed by atoms with Crippen molar-refractivity contribution in [1.82, 2.24) is 5.32 Å². The van der Waals surface area contributed by atoms with Gasteiger partial charge < -0.3 is 15.3 Å². The molecule has 74 valence electrons. The van der Waals surface area contributed by atoms with E-state index in [1.807, 2.05) is 0 Å². The van der Waals surface area contributed by atoms with Gasteiger partial charge in [0.05, 0.1) is 6.42 Å². The van der Waals surface area contributed by atoms with Crippen molar-refractivity contribution in [1.29, 1.82) is 0 Å². The van der Waals surface area contributed by atoms with Gasteiger partial charge in [-0.15, -0.1) is 0 Å². The van der Waals surface area contributed by atoms with Crippen LogP contribution in [0.2, 0.25) is 0 Å². The first-order valence-corrected chi connectivity index (χ1v) is 3.36. The van der Waals surface area contributed by atoms with Gasteiger partial charge in [-0.25, -0.2) is 9.59 Å². The summed E-state index contributed by atoms with van der Waals surface area (Å²) in [5.74, 6) is -4.21. The van der Waals surface area contributed by atoms with E-state index in [9.17, 15) is 14.4 Å². The predicted octanol–water partition coefficient (Wildman–Crippen LogP) is -1.41. The van der Waals surface area contributed by atoms with Gasteiger partial charge in [0.2, 0.25) is 6.04 Å². The standard InChI is InChI=1S/C6H9NO6/c8-3(9)1-2-7-4(5(10)11)6(12)13/h4,7H,1-2H2,(H,8,9)(H,10,11)(H,12,13). The Bertz CT molecular complexity index is 211. The summed E-state index contributed by atoms with van der Waals surface area (Å²) in [5.41, 5.74) is 0. The minimum absolute atomic E-state index is 0.196.